The molecule has 0 rings (SSSR count). The highest BCUT2D eigenvalue weighted by Crippen LogP contribution is 2.12. The zero-order valence-corrected chi connectivity index (χ0v) is 29.8. The van der Waals surface area contributed by atoms with E-state index >= 15 is 0 Å². The van der Waals surface area contributed by atoms with E-state index in [2.05, 4.69) is 86.8 Å². The van der Waals surface area contributed by atoms with Crippen LogP contribution >= 0.6 is 0 Å². The van der Waals surface area contributed by atoms with Crippen LogP contribution in [0.4, 0.5) is 0 Å². The van der Waals surface area contributed by atoms with E-state index in [1.54, 1.807) is 0 Å². The molecule has 0 radical (unpaired) electrons. The molecule has 0 fully saturated rings. The molecule has 0 heterocycles. The van der Waals surface area contributed by atoms with Gasteiger partial charge in [0.05, 0.1) is 0 Å². The van der Waals surface area contributed by atoms with Crippen molar-refractivity contribution in [2.24, 2.45) is 5.92 Å². The van der Waals surface area contributed by atoms with E-state index in [0.29, 0.717) is 12.8 Å². The predicted octanol–water partition coefficient (Wildman–Crippen LogP) is 12.2. The first-order valence-electron chi connectivity index (χ1n) is 18.4. The fourth-order valence-corrected chi connectivity index (χ4v) is 4.61. The van der Waals surface area contributed by atoms with Gasteiger partial charge in [-0.05, 0) is 89.9 Å². The van der Waals surface area contributed by atoms with E-state index in [1.165, 1.54) is 57.8 Å². The molecule has 0 unspecified atom stereocenters. The highest BCUT2D eigenvalue weighted by molar-refractivity contribution is 5.92. The second-order valence-corrected chi connectivity index (χ2v) is 12.0. The normalized spacial score (nSPS) is 12.1. The summed E-state index contributed by atoms with van der Waals surface area (Å²) in [4.78, 5) is 31.8. The Morgan fingerprint density at radius 2 is 0.745 bits per heavy atom. The van der Waals surface area contributed by atoms with E-state index < -0.39 is 23.8 Å². The first-order valence-corrected chi connectivity index (χ1v) is 18.4. The Kier molecular flexibility index (Phi) is 38.2. The van der Waals surface area contributed by atoms with Crippen molar-refractivity contribution >= 4 is 17.9 Å². The van der Waals surface area contributed by atoms with Gasteiger partial charge in [0, 0.05) is 6.42 Å². The molecule has 0 saturated carbocycles. The van der Waals surface area contributed by atoms with E-state index in [9.17, 15) is 14.4 Å². The van der Waals surface area contributed by atoms with Crippen molar-refractivity contribution in [1.29, 1.82) is 0 Å². The second-order valence-electron chi connectivity index (χ2n) is 12.0. The van der Waals surface area contributed by atoms with Crippen LogP contribution in [0.25, 0.3) is 0 Å². The summed E-state index contributed by atoms with van der Waals surface area (Å²) in [5.41, 5.74) is 0. The van der Waals surface area contributed by atoms with Gasteiger partial charge in [-0.1, -0.05) is 138 Å². The van der Waals surface area contributed by atoms with E-state index in [0.717, 1.165) is 70.6 Å². The molecule has 0 aromatic carbocycles. The molecule has 47 heavy (non-hydrogen) atoms. The highest BCUT2D eigenvalue weighted by atomic mass is 16.4. The molecule has 268 valence electrons. The number of carbonyl (C=O) groups is 3. The number of allylic oxidation sites excluding steroid dienone is 12. The van der Waals surface area contributed by atoms with Crippen LogP contribution in [0.2, 0.25) is 0 Å². The summed E-state index contributed by atoms with van der Waals surface area (Å²) in [6, 6.07) is 0. The summed E-state index contributed by atoms with van der Waals surface area (Å²) in [5.74, 6) is -4.42. The summed E-state index contributed by atoms with van der Waals surface area (Å²) in [7, 11) is 0. The minimum atomic E-state index is -1.26. The molecule has 0 bridgehead atoms. The topological polar surface area (TPSA) is 112 Å². The molecule has 0 aromatic heterocycles. The van der Waals surface area contributed by atoms with Crippen molar-refractivity contribution in [2.75, 3.05) is 0 Å². The number of carboxylic acids is 3. The van der Waals surface area contributed by atoms with Crippen molar-refractivity contribution < 1.29 is 29.7 Å². The molecular formula is C41H68O6. The molecule has 6 heteroatoms. The van der Waals surface area contributed by atoms with Crippen molar-refractivity contribution in [3.05, 3.63) is 72.9 Å². The number of unbranched alkanes of at least 4 members (excludes halogenated alkanes) is 13. The third-order valence-electron chi connectivity index (χ3n) is 7.51. The second kappa shape index (κ2) is 39.0. The van der Waals surface area contributed by atoms with Gasteiger partial charge in [-0.25, -0.2) is 0 Å². The predicted molar refractivity (Wildman–Crippen MR) is 199 cm³/mol. The molecule has 0 aliphatic heterocycles. The van der Waals surface area contributed by atoms with E-state index in [-0.39, 0.29) is 6.42 Å². The fraction of sp³-hybridized carbons (Fsp3) is 0.634. The van der Waals surface area contributed by atoms with Crippen molar-refractivity contribution in [1.82, 2.24) is 0 Å². The molecule has 0 spiro atoms. The van der Waals surface area contributed by atoms with Gasteiger partial charge < -0.3 is 15.3 Å². The maximum Gasteiger partial charge on any atom is 0.317 e. The summed E-state index contributed by atoms with van der Waals surface area (Å²) in [6.45, 7) is 4.45. The lowest BCUT2D eigenvalue weighted by Gasteiger charge is -2.06. The number of aliphatic carboxylic acids is 3. The number of rotatable bonds is 31. The van der Waals surface area contributed by atoms with Gasteiger partial charge in [0.15, 0.2) is 5.92 Å². The van der Waals surface area contributed by atoms with Crippen LogP contribution < -0.4 is 0 Å². The Hall–Kier alpha value is -3.15. The Morgan fingerprint density at radius 1 is 0.426 bits per heavy atom. The zero-order chi connectivity index (χ0) is 35.1. The smallest absolute Gasteiger partial charge is 0.317 e. The molecule has 3 N–H and O–H groups in total. The van der Waals surface area contributed by atoms with Crippen LogP contribution in [0, 0.1) is 5.92 Å². The van der Waals surface area contributed by atoms with Gasteiger partial charge in [0.2, 0.25) is 0 Å². The number of carboxylic acid groups (broad SMARTS) is 3. The van der Waals surface area contributed by atoms with E-state index in [1.807, 2.05) is 0 Å². The van der Waals surface area contributed by atoms with Gasteiger partial charge in [-0.3, -0.25) is 14.4 Å². The molecule has 0 aromatic rings. The molecule has 6 nitrogen and oxygen atoms in total. The van der Waals surface area contributed by atoms with Gasteiger partial charge in [-0.15, -0.1) is 0 Å². The van der Waals surface area contributed by atoms with E-state index in [4.69, 9.17) is 15.3 Å². The van der Waals surface area contributed by atoms with Crippen LogP contribution in [0.3, 0.4) is 0 Å². The molecule has 0 aliphatic carbocycles. The summed E-state index contributed by atoms with van der Waals surface area (Å²) in [5, 5.41) is 26.1. The van der Waals surface area contributed by atoms with Crippen molar-refractivity contribution in [3.63, 3.8) is 0 Å². The molecule has 0 amide bonds. The lowest BCUT2D eigenvalue weighted by atomic mass is 10.0. The number of hydrogen-bond donors (Lipinski definition) is 3. The lowest BCUT2D eigenvalue weighted by Crippen LogP contribution is -2.23. The van der Waals surface area contributed by atoms with Gasteiger partial charge >= 0.3 is 17.9 Å². The van der Waals surface area contributed by atoms with Crippen LogP contribution in [0.1, 0.15) is 162 Å². The largest absolute Gasteiger partial charge is 0.481 e. The average Bonchev–Trinajstić information content (AvgIpc) is 3.03. The maximum absolute atomic E-state index is 10.7. The maximum atomic E-state index is 10.7. The molecular weight excluding hydrogens is 588 g/mol. The van der Waals surface area contributed by atoms with Crippen molar-refractivity contribution in [3.8, 4) is 0 Å². The molecule has 0 saturated heterocycles. The van der Waals surface area contributed by atoms with Crippen LogP contribution in [-0.4, -0.2) is 33.2 Å². The Bertz CT molecular complexity index is 895. The Labute approximate surface area is 287 Å². The summed E-state index contributed by atoms with van der Waals surface area (Å²) in [6.07, 6.45) is 50.0. The first kappa shape index (κ1) is 46.0. The third-order valence-corrected chi connectivity index (χ3v) is 7.51. The summed E-state index contributed by atoms with van der Waals surface area (Å²) >= 11 is 0. The molecule has 0 atom stereocenters. The minimum absolute atomic E-state index is 0.211. The van der Waals surface area contributed by atoms with Gasteiger partial charge in [0.25, 0.3) is 0 Å². The Balaban J connectivity index is 0. The average molecular weight is 657 g/mol. The van der Waals surface area contributed by atoms with Gasteiger partial charge in [-0.2, -0.15) is 0 Å². The minimum Gasteiger partial charge on any atom is -0.481 e. The molecule has 0 aliphatic rings. The van der Waals surface area contributed by atoms with Crippen molar-refractivity contribution in [2.45, 2.75) is 162 Å². The Morgan fingerprint density at radius 3 is 1.09 bits per heavy atom. The monoisotopic (exact) mass is 657 g/mol. The highest BCUT2D eigenvalue weighted by Gasteiger charge is 2.24. The SMILES string of the molecule is CCCCCC=CC/C=C\C/C=C\CCCCCC(C(=O)O)C(=O)O.CCCCCC=CCC=CCC=CCCCCCCC(=O)O. The fourth-order valence-electron chi connectivity index (χ4n) is 4.61. The van der Waals surface area contributed by atoms with Crippen LogP contribution in [-0.2, 0) is 14.4 Å². The lowest BCUT2D eigenvalue weighted by molar-refractivity contribution is -0.154. The zero-order valence-electron chi connectivity index (χ0n) is 29.8. The quantitative estimate of drug-likeness (QED) is 0.0389. The standard InChI is InChI=1S/C21H34O4.C20H34O2/c1-2-3-4-5-6-7-8-9-10-11-12-13-14-15-16-17-18-19(20(22)23)21(24)25;1-2-3-4-5-6-7-8-9-10-11-12-13-14-15-16-17-18-19-20(21)22/h6-7,9-10,12-13,19H,2-5,8,11,14-18H2,1H3,(H,22,23)(H,24,25);6-7,9-10,12-13H,2-5,8,11,14-19H2,1H3,(H,21,22)/b7-6?,10-9-,13-12-;. The number of hydrogen-bond acceptors (Lipinski definition) is 3. The van der Waals surface area contributed by atoms with Crippen LogP contribution in [0.15, 0.2) is 72.9 Å². The third kappa shape index (κ3) is 40.8. The van der Waals surface area contributed by atoms with Gasteiger partial charge in [0.1, 0.15) is 0 Å². The summed E-state index contributed by atoms with van der Waals surface area (Å²) < 4.78 is 0. The first-order chi connectivity index (χ1) is 22.9. The van der Waals surface area contributed by atoms with Crippen LogP contribution in [0.5, 0.6) is 0 Å².